The highest BCUT2D eigenvalue weighted by Gasteiger charge is 2.12. The fourth-order valence-corrected chi connectivity index (χ4v) is 1.83. The minimum Gasteiger partial charge on any atom is -0.454 e. The van der Waals surface area contributed by atoms with Gasteiger partial charge in [0.15, 0.2) is 11.5 Å². The number of nitrogens with zero attached hydrogens (tertiary/aromatic N) is 2. The van der Waals surface area contributed by atoms with Crippen molar-refractivity contribution in [1.29, 1.82) is 0 Å². The highest BCUT2D eigenvalue weighted by atomic mass is 16.7. The van der Waals surface area contributed by atoms with E-state index in [1.165, 1.54) is 12.1 Å². The van der Waals surface area contributed by atoms with E-state index in [0.29, 0.717) is 17.2 Å². The van der Waals surface area contributed by atoms with Crippen LogP contribution in [-0.4, -0.2) is 17.9 Å². The fraction of sp³-hybridized carbons (Fsp3) is 0.0714. The number of non-ortho nitro benzene ring substituents is 1. The van der Waals surface area contributed by atoms with Crippen molar-refractivity contribution in [1.82, 2.24) is 0 Å². The molecule has 0 saturated heterocycles. The molecule has 0 unspecified atom stereocenters. The largest absolute Gasteiger partial charge is 0.454 e. The van der Waals surface area contributed by atoms with Gasteiger partial charge in [0, 0.05) is 18.3 Å². The molecule has 0 fully saturated rings. The molecule has 0 saturated carbocycles. The molecule has 1 aliphatic heterocycles. The lowest BCUT2D eigenvalue weighted by molar-refractivity contribution is -0.384. The molecule has 0 aliphatic carbocycles. The van der Waals surface area contributed by atoms with Crippen LogP contribution in [0.4, 0.5) is 11.4 Å². The Morgan fingerprint density at radius 2 is 2.00 bits per heavy atom. The molecule has 3 rings (SSSR count). The van der Waals surface area contributed by atoms with Crippen LogP contribution in [0.25, 0.3) is 0 Å². The van der Waals surface area contributed by atoms with E-state index < -0.39 is 4.92 Å². The zero-order valence-electron chi connectivity index (χ0n) is 10.4. The van der Waals surface area contributed by atoms with Crippen LogP contribution >= 0.6 is 0 Å². The number of nitro groups is 1. The number of hydrogen-bond donors (Lipinski definition) is 0. The third-order valence-corrected chi connectivity index (χ3v) is 2.80. The summed E-state index contributed by atoms with van der Waals surface area (Å²) in [6.45, 7) is 0.223. The topological polar surface area (TPSA) is 74.0 Å². The molecule has 0 atom stereocenters. The zero-order valence-corrected chi connectivity index (χ0v) is 10.4. The van der Waals surface area contributed by atoms with Gasteiger partial charge in [-0.25, -0.2) is 0 Å². The Balaban J connectivity index is 1.83. The van der Waals surface area contributed by atoms with E-state index in [-0.39, 0.29) is 12.5 Å². The first kappa shape index (κ1) is 12.2. The van der Waals surface area contributed by atoms with E-state index in [1.807, 2.05) is 12.1 Å². The van der Waals surface area contributed by atoms with Gasteiger partial charge in [0.25, 0.3) is 5.69 Å². The van der Waals surface area contributed by atoms with Gasteiger partial charge in [0.2, 0.25) is 6.79 Å². The summed E-state index contributed by atoms with van der Waals surface area (Å²) in [6, 6.07) is 11.6. The van der Waals surface area contributed by atoms with Crippen molar-refractivity contribution in [3.63, 3.8) is 0 Å². The molecule has 6 nitrogen and oxygen atoms in total. The Bertz CT molecular complexity index is 697. The lowest BCUT2D eigenvalue weighted by atomic mass is 10.2. The highest BCUT2D eigenvalue weighted by Crippen LogP contribution is 2.32. The van der Waals surface area contributed by atoms with Gasteiger partial charge in [-0.05, 0) is 29.8 Å². The molecule has 0 N–H and O–H groups in total. The lowest BCUT2D eigenvalue weighted by Crippen LogP contribution is -1.92. The van der Waals surface area contributed by atoms with Gasteiger partial charge in [-0.3, -0.25) is 15.1 Å². The van der Waals surface area contributed by atoms with Crippen LogP contribution in [-0.2, 0) is 0 Å². The van der Waals surface area contributed by atoms with E-state index >= 15 is 0 Å². The first-order chi connectivity index (χ1) is 9.72. The average Bonchev–Trinajstić information content (AvgIpc) is 2.93. The SMILES string of the molecule is O=[N+]([O-])c1cccc(N=Cc2ccc3c(c2)OCO3)c1. The van der Waals surface area contributed by atoms with Gasteiger partial charge in [-0.2, -0.15) is 0 Å². The van der Waals surface area contributed by atoms with E-state index in [0.717, 1.165) is 5.56 Å². The maximum Gasteiger partial charge on any atom is 0.271 e. The zero-order chi connectivity index (χ0) is 13.9. The average molecular weight is 270 g/mol. The number of fused-ring (bicyclic) bond motifs is 1. The summed E-state index contributed by atoms with van der Waals surface area (Å²) < 4.78 is 10.5. The third-order valence-electron chi connectivity index (χ3n) is 2.80. The highest BCUT2D eigenvalue weighted by molar-refractivity contribution is 5.83. The van der Waals surface area contributed by atoms with Crippen LogP contribution in [0, 0.1) is 10.1 Å². The maximum absolute atomic E-state index is 10.7. The molecular formula is C14H10N2O4. The van der Waals surface area contributed by atoms with Crippen LogP contribution in [0.3, 0.4) is 0 Å². The lowest BCUT2D eigenvalue weighted by Gasteiger charge is -1.98. The van der Waals surface area contributed by atoms with Gasteiger partial charge in [0.05, 0.1) is 10.6 Å². The van der Waals surface area contributed by atoms with E-state index in [2.05, 4.69) is 4.99 Å². The summed E-state index contributed by atoms with van der Waals surface area (Å²) in [7, 11) is 0. The van der Waals surface area contributed by atoms with Crippen LogP contribution in [0.1, 0.15) is 5.56 Å². The number of aliphatic imine (C=N–C) groups is 1. The number of rotatable bonds is 3. The predicted octanol–water partition coefficient (Wildman–Crippen LogP) is 3.07. The minimum absolute atomic E-state index is 0.0188. The number of nitro benzene ring substituents is 1. The van der Waals surface area contributed by atoms with Crippen molar-refractivity contribution in [2.24, 2.45) is 4.99 Å². The first-order valence-electron chi connectivity index (χ1n) is 5.90. The van der Waals surface area contributed by atoms with Gasteiger partial charge >= 0.3 is 0 Å². The predicted molar refractivity (Wildman–Crippen MR) is 72.9 cm³/mol. The number of hydrogen-bond acceptors (Lipinski definition) is 5. The Morgan fingerprint density at radius 1 is 1.15 bits per heavy atom. The standard InChI is InChI=1S/C14H10N2O4/c17-16(18)12-3-1-2-11(7-12)15-8-10-4-5-13-14(6-10)20-9-19-13/h1-8H,9H2. The molecule has 1 aliphatic rings. The van der Waals surface area contributed by atoms with Crippen LogP contribution < -0.4 is 9.47 Å². The summed E-state index contributed by atoms with van der Waals surface area (Å²) in [6.07, 6.45) is 1.63. The summed E-state index contributed by atoms with van der Waals surface area (Å²) in [4.78, 5) is 14.5. The second-order valence-corrected chi connectivity index (χ2v) is 4.15. The molecule has 6 heteroatoms. The van der Waals surface area contributed by atoms with E-state index in [1.54, 1.807) is 24.4 Å². The normalized spacial score (nSPS) is 12.8. The van der Waals surface area contributed by atoms with Gasteiger partial charge in [-0.1, -0.05) is 6.07 Å². The Hall–Kier alpha value is -2.89. The van der Waals surface area contributed by atoms with E-state index in [9.17, 15) is 10.1 Å². The Labute approximate surface area is 114 Å². The number of ether oxygens (including phenoxy) is 2. The quantitative estimate of drug-likeness (QED) is 0.488. The van der Waals surface area contributed by atoms with Crippen LogP contribution in [0.5, 0.6) is 11.5 Å². The van der Waals surface area contributed by atoms with E-state index in [4.69, 9.17) is 9.47 Å². The molecule has 0 bridgehead atoms. The first-order valence-corrected chi connectivity index (χ1v) is 5.90. The molecule has 100 valence electrons. The Kier molecular flexibility index (Phi) is 3.04. The van der Waals surface area contributed by atoms with Crippen molar-refractivity contribution in [3.05, 3.63) is 58.1 Å². The molecule has 2 aromatic carbocycles. The molecular weight excluding hydrogens is 260 g/mol. The second kappa shape index (κ2) is 5.00. The third kappa shape index (κ3) is 2.44. The summed E-state index contributed by atoms with van der Waals surface area (Å²) >= 11 is 0. The molecule has 0 spiro atoms. The molecule has 2 aromatic rings. The molecule has 0 radical (unpaired) electrons. The summed E-state index contributed by atoms with van der Waals surface area (Å²) in [5.41, 5.74) is 1.38. The molecule has 0 aromatic heterocycles. The van der Waals surface area contributed by atoms with Crippen LogP contribution in [0.15, 0.2) is 47.5 Å². The molecule has 0 amide bonds. The van der Waals surface area contributed by atoms with Crippen molar-refractivity contribution < 1.29 is 14.4 Å². The van der Waals surface area contributed by atoms with Gasteiger partial charge in [-0.15, -0.1) is 0 Å². The summed E-state index contributed by atoms with van der Waals surface area (Å²) in [5, 5.41) is 10.7. The fourth-order valence-electron chi connectivity index (χ4n) is 1.83. The van der Waals surface area contributed by atoms with Crippen molar-refractivity contribution >= 4 is 17.6 Å². The van der Waals surface area contributed by atoms with Crippen molar-refractivity contribution in [2.75, 3.05) is 6.79 Å². The van der Waals surface area contributed by atoms with Gasteiger partial charge in [0.1, 0.15) is 0 Å². The monoisotopic (exact) mass is 270 g/mol. The summed E-state index contributed by atoms with van der Waals surface area (Å²) in [5.74, 6) is 1.38. The van der Waals surface area contributed by atoms with Gasteiger partial charge < -0.3 is 9.47 Å². The molecule has 20 heavy (non-hydrogen) atoms. The maximum atomic E-state index is 10.7. The van der Waals surface area contributed by atoms with Crippen LogP contribution in [0.2, 0.25) is 0 Å². The molecule has 1 heterocycles. The van der Waals surface area contributed by atoms with Crippen molar-refractivity contribution in [3.8, 4) is 11.5 Å². The minimum atomic E-state index is -0.445. The van der Waals surface area contributed by atoms with Crippen molar-refractivity contribution in [2.45, 2.75) is 0 Å². The smallest absolute Gasteiger partial charge is 0.271 e. The Morgan fingerprint density at radius 3 is 2.85 bits per heavy atom. The second-order valence-electron chi connectivity index (χ2n) is 4.15. The number of benzene rings is 2.